The molecule has 2 fully saturated rings. The van der Waals surface area contributed by atoms with Crippen molar-refractivity contribution in [1.82, 2.24) is 5.06 Å². The number of hydroxylamine groups is 2. The van der Waals surface area contributed by atoms with Crippen molar-refractivity contribution in [3.63, 3.8) is 0 Å². The first-order chi connectivity index (χ1) is 7.92. The lowest BCUT2D eigenvalue weighted by Gasteiger charge is -2.30. The number of hydrogen-bond acceptors (Lipinski definition) is 4. The summed E-state index contributed by atoms with van der Waals surface area (Å²) >= 11 is 0. The van der Waals surface area contributed by atoms with E-state index in [2.05, 4.69) is 0 Å². The predicted octanol–water partition coefficient (Wildman–Crippen LogP) is -0.168. The Morgan fingerprint density at radius 2 is 1.88 bits per heavy atom. The lowest BCUT2D eigenvalue weighted by Crippen LogP contribution is -2.50. The van der Waals surface area contributed by atoms with Crippen LogP contribution in [0.3, 0.4) is 0 Å². The number of hydrogen-bond donors (Lipinski definition) is 0. The van der Waals surface area contributed by atoms with Gasteiger partial charge in [-0.1, -0.05) is 0 Å². The van der Waals surface area contributed by atoms with Gasteiger partial charge in [0.2, 0.25) is 0 Å². The molecule has 0 aromatic rings. The minimum atomic E-state index is -0.476. The van der Waals surface area contributed by atoms with Gasteiger partial charge in [0.15, 0.2) is 6.04 Å². The molecule has 0 saturated carbocycles. The molecule has 2 saturated heterocycles. The van der Waals surface area contributed by atoms with Gasteiger partial charge in [0, 0.05) is 25.7 Å². The molecule has 0 spiro atoms. The quantitative estimate of drug-likeness (QED) is 0.497. The minimum Gasteiger partial charge on any atom is -0.324 e. The third-order valence-corrected chi connectivity index (χ3v) is 3.51. The van der Waals surface area contributed by atoms with Crippen LogP contribution < -0.4 is 0 Å². The largest absolute Gasteiger partial charge is 0.390 e. The molecule has 17 heavy (non-hydrogen) atoms. The van der Waals surface area contributed by atoms with Gasteiger partial charge < -0.3 is 9.32 Å². The number of quaternary nitrogens is 1. The van der Waals surface area contributed by atoms with Gasteiger partial charge in [-0.15, -0.1) is 5.06 Å². The lowest BCUT2D eigenvalue weighted by molar-refractivity contribution is -0.894. The van der Waals surface area contributed by atoms with E-state index in [1.54, 1.807) is 0 Å². The highest BCUT2D eigenvalue weighted by Gasteiger charge is 2.44. The molecule has 0 bridgehead atoms. The normalized spacial score (nSPS) is 27.6. The third kappa shape index (κ3) is 2.17. The van der Waals surface area contributed by atoms with Crippen molar-refractivity contribution in [3.05, 3.63) is 0 Å². The molecule has 6 nitrogen and oxygen atoms in total. The predicted molar refractivity (Wildman–Crippen MR) is 57.2 cm³/mol. The molecule has 0 radical (unpaired) electrons. The monoisotopic (exact) mass is 241 g/mol. The Bertz CT molecular complexity index is 362. The van der Waals surface area contributed by atoms with Crippen LogP contribution >= 0.6 is 0 Å². The average molecular weight is 241 g/mol. The van der Waals surface area contributed by atoms with E-state index in [9.17, 15) is 14.4 Å². The molecule has 0 unspecified atom stereocenters. The van der Waals surface area contributed by atoms with Crippen LogP contribution in [0.15, 0.2) is 0 Å². The molecule has 94 valence electrons. The molecule has 2 aliphatic heterocycles. The van der Waals surface area contributed by atoms with Crippen LogP contribution in [0.25, 0.3) is 0 Å². The van der Waals surface area contributed by atoms with Crippen LogP contribution in [-0.4, -0.2) is 54.0 Å². The standard InChI is InChI=1S/C11H17N2O4/c1-13(2)7-3-4-8(13)11(16)17-12-9(14)5-6-10(12)15/h8H,3-7H2,1-2H3/q+1/t8-/m0/s1. The molecular formula is C11H17N2O4+. The molecule has 2 amide bonds. The van der Waals surface area contributed by atoms with Crippen LogP contribution in [0.4, 0.5) is 0 Å². The van der Waals surface area contributed by atoms with Crippen molar-refractivity contribution in [1.29, 1.82) is 0 Å². The van der Waals surface area contributed by atoms with Crippen molar-refractivity contribution in [2.45, 2.75) is 31.7 Å². The Labute approximate surface area is 99.7 Å². The Morgan fingerprint density at radius 3 is 2.35 bits per heavy atom. The Balaban J connectivity index is 2.02. The third-order valence-electron chi connectivity index (χ3n) is 3.51. The fourth-order valence-corrected chi connectivity index (χ4v) is 2.41. The van der Waals surface area contributed by atoms with Crippen LogP contribution in [0.2, 0.25) is 0 Å². The summed E-state index contributed by atoms with van der Waals surface area (Å²) in [5.41, 5.74) is 0. The summed E-state index contributed by atoms with van der Waals surface area (Å²) in [6.07, 6.45) is 1.96. The van der Waals surface area contributed by atoms with Crippen molar-refractivity contribution in [2.24, 2.45) is 0 Å². The fourth-order valence-electron chi connectivity index (χ4n) is 2.41. The number of imide groups is 1. The zero-order valence-corrected chi connectivity index (χ0v) is 10.1. The van der Waals surface area contributed by atoms with Gasteiger partial charge in [-0.05, 0) is 0 Å². The molecule has 2 aliphatic rings. The average Bonchev–Trinajstić information content (AvgIpc) is 2.74. The Kier molecular flexibility index (Phi) is 2.91. The summed E-state index contributed by atoms with van der Waals surface area (Å²) in [7, 11) is 3.90. The van der Waals surface area contributed by atoms with Gasteiger partial charge in [0.25, 0.3) is 11.8 Å². The number of rotatable bonds is 2. The van der Waals surface area contributed by atoms with E-state index in [-0.39, 0.29) is 18.9 Å². The van der Waals surface area contributed by atoms with Crippen molar-refractivity contribution in [3.8, 4) is 0 Å². The van der Waals surface area contributed by atoms with Crippen LogP contribution in [0, 0.1) is 0 Å². The van der Waals surface area contributed by atoms with Crippen molar-refractivity contribution in [2.75, 3.05) is 20.6 Å². The number of nitrogens with zero attached hydrogens (tertiary/aromatic N) is 2. The molecular weight excluding hydrogens is 224 g/mol. The molecule has 2 rings (SSSR count). The van der Waals surface area contributed by atoms with E-state index in [1.807, 2.05) is 14.1 Å². The van der Waals surface area contributed by atoms with Gasteiger partial charge in [-0.25, -0.2) is 4.79 Å². The van der Waals surface area contributed by atoms with Crippen molar-refractivity contribution < 1.29 is 23.7 Å². The molecule has 0 aliphatic carbocycles. The Morgan fingerprint density at radius 1 is 1.29 bits per heavy atom. The van der Waals surface area contributed by atoms with Crippen LogP contribution in [0.1, 0.15) is 25.7 Å². The van der Waals surface area contributed by atoms with Gasteiger partial charge in [-0.3, -0.25) is 9.59 Å². The molecule has 0 N–H and O–H groups in total. The summed E-state index contributed by atoms with van der Waals surface area (Å²) in [4.78, 5) is 39.5. The van der Waals surface area contributed by atoms with Gasteiger partial charge in [0.1, 0.15) is 0 Å². The zero-order valence-electron chi connectivity index (χ0n) is 10.1. The molecule has 0 aromatic carbocycles. The second-order valence-corrected chi connectivity index (χ2v) is 5.15. The number of likely N-dealkylation sites (N-methyl/N-ethyl adjacent to an activating group) is 1. The van der Waals surface area contributed by atoms with Crippen molar-refractivity contribution >= 4 is 17.8 Å². The Hall–Kier alpha value is -1.43. The highest BCUT2D eigenvalue weighted by molar-refractivity contribution is 6.01. The minimum absolute atomic E-state index is 0.134. The van der Waals surface area contributed by atoms with Gasteiger partial charge >= 0.3 is 5.97 Å². The second kappa shape index (κ2) is 4.10. The fraction of sp³-hybridized carbons (Fsp3) is 0.727. The first kappa shape index (κ1) is 12.0. The maximum atomic E-state index is 11.9. The topological polar surface area (TPSA) is 63.7 Å². The van der Waals surface area contributed by atoms with E-state index >= 15 is 0 Å². The summed E-state index contributed by atoms with van der Waals surface area (Å²) in [6.45, 7) is 0.904. The highest BCUT2D eigenvalue weighted by atomic mass is 16.7. The highest BCUT2D eigenvalue weighted by Crippen LogP contribution is 2.24. The summed E-state index contributed by atoms with van der Waals surface area (Å²) < 4.78 is 0.551. The van der Waals surface area contributed by atoms with E-state index in [0.29, 0.717) is 9.55 Å². The van der Waals surface area contributed by atoms with E-state index in [1.165, 1.54) is 0 Å². The second-order valence-electron chi connectivity index (χ2n) is 5.15. The first-order valence-corrected chi connectivity index (χ1v) is 5.82. The smallest absolute Gasteiger partial charge is 0.324 e. The van der Waals surface area contributed by atoms with Gasteiger partial charge in [-0.2, -0.15) is 0 Å². The number of likely N-dealkylation sites (tertiary alicyclic amines) is 1. The maximum absolute atomic E-state index is 11.9. The van der Waals surface area contributed by atoms with E-state index < -0.39 is 17.8 Å². The molecule has 6 heteroatoms. The number of carbonyl (C=O) groups is 3. The summed E-state index contributed by atoms with van der Waals surface area (Å²) in [6, 6.07) is -0.281. The van der Waals surface area contributed by atoms with E-state index in [4.69, 9.17) is 4.84 Å². The van der Waals surface area contributed by atoms with Crippen LogP contribution in [-0.2, 0) is 19.2 Å². The molecule has 0 aromatic heterocycles. The zero-order chi connectivity index (χ0) is 12.6. The lowest BCUT2D eigenvalue weighted by atomic mass is 10.2. The molecule has 1 atom stereocenters. The molecule has 2 heterocycles. The SMILES string of the molecule is C[N+]1(C)CCC[C@H]1C(=O)ON1C(=O)CCC1=O. The number of amides is 2. The summed E-state index contributed by atoms with van der Waals surface area (Å²) in [5.74, 6) is -1.32. The first-order valence-electron chi connectivity index (χ1n) is 5.82. The number of carbonyl (C=O) groups excluding carboxylic acids is 3. The maximum Gasteiger partial charge on any atom is 0.390 e. The van der Waals surface area contributed by atoms with Gasteiger partial charge in [0.05, 0.1) is 20.6 Å². The van der Waals surface area contributed by atoms with Crippen LogP contribution in [0.5, 0.6) is 0 Å². The summed E-state index contributed by atoms with van der Waals surface area (Å²) in [5, 5.41) is 0.626. The van der Waals surface area contributed by atoms with E-state index in [0.717, 1.165) is 19.4 Å².